The second-order valence-electron chi connectivity index (χ2n) is 6.56. The number of primary sulfonamides is 1. The van der Waals surface area contributed by atoms with Gasteiger partial charge in [-0.2, -0.15) is 0 Å². The van der Waals surface area contributed by atoms with E-state index in [9.17, 15) is 18.3 Å². The third-order valence-electron chi connectivity index (χ3n) is 4.30. The molecule has 1 amide bonds. The van der Waals surface area contributed by atoms with Gasteiger partial charge in [0.2, 0.25) is 15.9 Å². The smallest absolute Gasteiger partial charge is 0.248 e. The first-order valence-corrected chi connectivity index (χ1v) is 10.9. The first-order valence-electron chi connectivity index (χ1n) is 9.37. The molecule has 2 aromatic rings. The number of rotatable bonds is 11. The molecule has 0 unspecified atom stereocenters. The number of benzene rings is 2. The van der Waals surface area contributed by atoms with Crippen molar-refractivity contribution in [3.63, 3.8) is 0 Å². The molecule has 0 heterocycles. The average molecular weight is 422 g/mol. The monoisotopic (exact) mass is 421 g/mol. The van der Waals surface area contributed by atoms with Crippen molar-refractivity contribution < 1.29 is 23.1 Å². The SMILES string of the molecule is CCCCN(CCCO)c1cc(C(N)=O)cc(S(N)(=O)=O)c1Oc1ccccc1. The average Bonchev–Trinajstić information content (AvgIpc) is 2.68. The molecule has 0 saturated carbocycles. The van der Waals surface area contributed by atoms with Crippen molar-refractivity contribution in [2.45, 2.75) is 31.1 Å². The Hall–Kier alpha value is -2.62. The first kappa shape index (κ1) is 22.7. The number of ether oxygens (including phenoxy) is 1. The van der Waals surface area contributed by atoms with E-state index in [0.29, 0.717) is 30.9 Å². The molecule has 0 atom stereocenters. The van der Waals surface area contributed by atoms with Crippen LogP contribution in [0.3, 0.4) is 0 Å². The molecule has 0 spiro atoms. The Labute approximate surface area is 171 Å². The normalized spacial score (nSPS) is 11.3. The largest absolute Gasteiger partial charge is 0.454 e. The minimum absolute atomic E-state index is 0.00920. The Morgan fingerprint density at radius 1 is 1.14 bits per heavy atom. The van der Waals surface area contributed by atoms with Crippen LogP contribution in [-0.2, 0) is 10.0 Å². The minimum Gasteiger partial charge on any atom is -0.454 e. The highest BCUT2D eigenvalue weighted by Gasteiger charge is 2.25. The number of para-hydroxylation sites is 1. The Balaban J connectivity index is 2.71. The number of carbonyl (C=O) groups excluding carboxylic acids is 1. The van der Waals surface area contributed by atoms with E-state index in [1.54, 1.807) is 30.3 Å². The maximum Gasteiger partial charge on any atom is 0.248 e. The van der Waals surface area contributed by atoms with Crippen LogP contribution in [0.2, 0.25) is 0 Å². The highest BCUT2D eigenvalue weighted by atomic mass is 32.2. The lowest BCUT2D eigenvalue weighted by Gasteiger charge is -2.28. The summed E-state index contributed by atoms with van der Waals surface area (Å²) in [6, 6.07) is 11.3. The molecule has 0 aromatic heterocycles. The lowest BCUT2D eigenvalue weighted by atomic mass is 10.1. The van der Waals surface area contributed by atoms with Gasteiger partial charge in [-0.05, 0) is 37.1 Å². The van der Waals surface area contributed by atoms with Gasteiger partial charge in [0.15, 0.2) is 5.75 Å². The summed E-state index contributed by atoms with van der Waals surface area (Å²) in [7, 11) is -4.22. The molecule has 8 nitrogen and oxygen atoms in total. The van der Waals surface area contributed by atoms with Crippen LogP contribution in [0.25, 0.3) is 0 Å². The number of hydrogen-bond acceptors (Lipinski definition) is 6. The van der Waals surface area contributed by atoms with Crippen LogP contribution in [-0.4, -0.2) is 39.1 Å². The number of aliphatic hydroxyl groups excluding tert-OH is 1. The van der Waals surface area contributed by atoms with Gasteiger partial charge in [-0.3, -0.25) is 4.79 Å². The highest BCUT2D eigenvalue weighted by molar-refractivity contribution is 7.89. The number of hydrogen-bond donors (Lipinski definition) is 3. The maximum atomic E-state index is 12.3. The Morgan fingerprint density at radius 2 is 1.79 bits per heavy atom. The molecule has 2 rings (SSSR count). The maximum absolute atomic E-state index is 12.3. The van der Waals surface area contributed by atoms with Crippen molar-refractivity contribution in [3.05, 3.63) is 48.0 Å². The summed E-state index contributed by atoms with van der Waals surface area (Å²) in [5, 5.41) is 14.7. The summed E-state index contributed by atoms with van der Waals surface area (Å²) in [5.41, 5.74) is 5.82. The molecule has 0 fully saturated rings. The Bertz CT molecular complexity index is 925. The number of primary amides is 1. The van der Waals surface area contributed by atoms with Gasteiger partial charge >= 0.3 is 0 Å². The molecular weight excluding hydrogens is 394 g/mol. The van der Waals surface area contributed by atoms with Gasteiger partial charge in [-0.1, -0.05) is 31.5 Å². The van der Waals surface area contributed by atoms with E-state index in [4.69, 9.17) is 15.6 Å². The summed E-state index contributed by atoms with van der Waals surface area (Å²) < 4.78 is 30.5. The number of nitrogens with zero attached hydrogens (tertiary/aromatic N) is 1. The molecule has 0 aliphatic rings. The minimum atomic E-state index is -4.22. The number of nitrogens with two attached hydrogens (primary N) is 2. The third kappa shape index (κ3) is 6.18. The van der Waals surface area contributed by atoms with Crippen molar-refractivity contribution >= 4 is 21.6 Å². The molecule has 0 saturated heterocycles. The fourth-order valence-electron chi connectivity index (χ4n) is 2.85. The van der Waals surface area contributed by atoms with Crippen molar-refractivity contribution in [2.24, 2.45) is 10.9 Å². The lowest BCUT2D eigenvalue weighted by molar-refractivity contribution is 0.1000. The number of amides is 1. The molecule has 5 N–H and O–H groups in total. The predicted octanol–water partition coefficient (Wildman–Crippen LogP) is 2.21. The number of aliphatic hydroxyl groups is 1. The van der Waals surface area contributed by atoms with E-state index in [-0.39, 0.29) is 22.8 Å². The molecular formula is C20H27N3O5S. The fraction of sp³-hybridized carbons (Fsp3) is 0.350. The van der Waals surface area contributed by atoms with Gasteiger partial charge in [0.25, 0.3) is 0 Å². The van der Waals surface area contributed by atoms with Crippen LogP contribution < -0.4 is 20.5 Å². The van der Waals surface area contributed by atoms with Crippen molar-refractivity contribution in [2.75, 3.05) is 24.6 Å². The molecule has 158 valence electrons. The van der Waals surface area contributed by atoms with Crippen molar-refractivity contribution in [1.29, 1.82) is 0 Å². The molecule has 0 bridgehead atoms. The van der Waals surface area contributed by atoms with E-state index < -0.39 is 15.9 Å². The second kappa shape index (κ2) is 10.2. The quantitative estimate of drug-likeness (QED) is 0.509. The van der Waals surface area contributed by atoms with E-state index >= 15 is 0 Å². The Kier molecular flexibility index (Phi) is 8.00. The number of sulfonamides is 1. The summed E-state index contributed by atoms with van der Waals surface area (Å²) >= 11 is 0. The van der Waals surface area contributed by atoms with Crippen LogP contribution in [0.1, 0.15) is 36.5 Å². The van der Waals surface area contributed by atoms with Crippen molar-refractivity contribution in [3.8, 4) is 11.5 Å². The topological polar surface area (TPSA) is 136 Å². The van der Waals surface area contributed by atoms with Crippen LogP contribution in [0.5, 0.6) is 11.5 Å². The van der Waals surface area contributed by atoms with E-state index in [0.717, 1.165) is 18.9 Å². The number of unbranched alkanes of at least 4 members (excludes halogenated alkanes) is 1. The molecule has 0 aliphatic carbocycles. The lowest BCUT2D eigenvalue weighted by Crippen LogP contribution is -2.28. The van der Waals surface area contributed by atoms with Crippen molar-refractivity contribution in [1.82, 2.24) is 0 Å². The summed E-state index contributed by atoms with van der Waals surface area (Å²) in [5.74, 6) is -0.333. The molecule has 2 aromatic carbocycles. The van der Waals surface area contributed by atoms with Gasteiger partial charge in [-0.15, -0.1) is 0 Å². The zero-order valence-corrected chi connectivity index (χ0v) is 17.2. The zero-order chi connectivity index (χ0) is 21.4. The van der Waals surface area contributed by atoms with Gasteiger partial charge in [0.05, 0.1) is 5.69 Å². The Morgan fingerprint density at radius 3 is 2.34 bits per heavy atom. The summed E-state index contributed by atoms with van der Waals surface area (Å²) in [6.07, 6.45) is 2.18. The second-order valence-corrected chi connectivity index (χ2v) is 8.09. The zero-order valence-electron chi connectivity index (χ0n) is 16.4. The standard InChI is InChI=1S/C20H27N3O5S/c1-2-3-10-23(11-7-12-24)17-13-15(20(21)25)14-18(29(22,26)27)19(17)28-16-8-5-4-6-9-16/h4-6,8-9,13-14,24H,2-3,7,10-12H2,1H3,(H2,21,25)(H2,22,26,27). The van der Waals surface area contributed by atoms with Gasteiger partial charge < -0.3 is 20.5 Å². The van der Waals surface area contributed by atoms with E-state index in [1.807, 2.05) is 11.8 Å². The number of anilines is 1. The van der Waals surface area contributed by atoms with Gasteiger partial charge in [0.1, 0.15) is 10.6 Å². The van der Waals surface area contributed by atoms with E-state index in [2.05, 4.69) is 0 Å². The predicted molar refractivity (Wildman–Crippen MR) is 112 cm³/mol. The van der Waals surface area contributed by atoms with Crippen LogP contribution in [0, 0.1) is 0 Å². The number of carbonyl (C=O) groups is 1. The van der Waals surface area contributed by atoms with Crippen LogP contribution in [0.15, 0.2) is 47.4 Å². The molecule has 0 radical (unpaired) electrons. The first-order chi connectivity index (χ1) is 13.8. The van der Waals surface area contributed by atoms with Crippen LogP contribution in [0.4, 0.5) is 5.69 Å². The summed E-state index contributed by atoms with van der Waals surface area (Å²) in [6.45, 7) is 3.01. The molecule has 0 aliphatic heterocycles. The van der Waals surface area contributed by atoms with Crippen LogP contribution >= 0.6 is 0 Å². The summed E-state index contributed by atoms with van der Waals surface area (Å²) in [4.78, 5) is 13.4. The van der Waals surface area contributed by atoms with Gasteiger partial charge in [0, 0.05) is 25.3 Å². The van der Waals surface area contributed by atoms with E-state index in [1.165, 1.54) is 6.07 Å². The third-order valence-corrected chi connectivity index (χ3v) is 5.21. The molecule has 9 heteroatoms. The highest BCUT2D eigenvalue weighted by Crippen LogP contribution is 2.39. The van der Waals surface area contributed by atoms with Gasteiger partial charge in [-0.25, -0.2) is 13.6 Å². The fourth-order valence-corrected chi connectivity index (χ4v) is 3.54. The molecule has 29 heavy (non-hydrogen) atoms.